The van der Waals surface area contributed by atoms with E-state index in [2.05, 4.69) is 10.1 Å². The van der Waals surface area contributed by atoms with Gasteiger partial charge in [-0.05, 0) is 0 Å². The number of cyclic esters (lactones) is 1. The molecule has 3 nitrogen and oxygen atoms in total. The van der Waals surface area contributed by atoms with E-state index >= 15 is 0 Å². The maximum Gasteiger partial charge on any atom is 0.407 e. The summed E-state index contributed by atoms with van der Waals surface area (Å²) in [7, 11) is 0. The summed E-state index contributed by atoms with van der Waals surface area (Å²) in [5.41, 5.74) is 0. The first-order valence-electron chi connectivity index (χ1n) is 2.33. The van der Waals surface area contributed by atoms with Crippen LogP contribution in [0.1, 0.15) is 0 Å². The van der Waals surface area contributed by atoms with E-state index in [-0.39, 0.29) is 0 Å². The molecule has 1 amide bonds. The summed E-state index contributed by atoms with van der Waals surface area (Å²) in [6.07, 6.45) is -1.07. The van der Waals surface area contributed by atoms with E-state index in [0.29, 0.717) is 6.54 Å². The van der Waals surface area contributed by atoms with Crippen molar-refractivity contribution < 1.29 is 13.9 Å². The van der Waals surface area contributed by atoms with Crippen LogP contribution in [0.5, 0.6) is 0 Å². The van der Waals surface area contributed by atoms with Crippen LogP contribution in [0, 0.1) is 0 Å². The van der Waals surface area contributed by atoms with E-state index in [1.165, 1.54) is 0 Å². The average Bonchev–Trinajstić information content (AvgIpc) is 2.14. The largest absolute Gasteiger partial charge is 0.442 e. The molecule has 0 saturated carbocycles. The summed E-state index contributed by atoms with van der Waals surface area (Å²) in [6, 6.07) is 0. The number of carbonyl (C=O) groups is 1. The van der Waals surface area contributed by atoms with Gasteiger partial charge in [-0.15, -0.1) is 0 Å². The van der Waals surface area contributed by atoms with Crippen LogP contribution in [0.15, 0.2) is 0 Å². The molecule has 0 unspecified atom stereocenters. The summed E-state index contributed by atoms with van der Waals surface area (Å²) < 4.78 is 15.9. The minimum absolute atomic E-state index is 0.301. The third-order valence-corrected chi connectivity index (χ3v) is 0.920. The van der Waals surface area contributed by atoms with Crippen molar-refractivity contribution in [1.29, 1.82) is 0 Å². The molecule has 0 spiro atoms. The Kier molecular flexibility index (Phi) is 1.32. The zero-order chi connectivity index (χ0) is 5.98. The Morgan fingerprint density at radius 2 is 2.75 bits per heavy atom. The maximum absolute atomic E-state index is 11.6. The van der Waals surface area contributed by atoms with Crippen molar-refractivity contribution in [2.75, 3.05) is 13.2 Å². The Balaban J connectivity index is 2.32. The molecule has 0 aliphatic carbocycles. The third-order valence-electron chi connectivity index (χ3n) is 0.920. The maximum atomic E-state index is 11.6. The zero-order valence-electron chi connectivity index (χ0n) is 4.19. The second kappa shape index (κ2) is 1.98. The van der Waals surface area contributed by atoms with Crippen molar-refractivity contribution >= 4 is 6.09 Å². The summed E-state index contributed by atoms with van der Waals surface area (Å²) >= 11 is 0. The van der Waals surface area contributed by atoms with E-state index in [1.807, 2.05) is 0 Å². The lowest BCUT2D eigenvalue weighted by Crippen LogP contribution is -2.15. The molecule has 1 fully saturated rings. The fourth-order valence-corrected chi connectivity index (χ4v) is 0.518. The molecule has 0 aromatic rings. The second-order valence-electron chi connectivity index (χ2n) is 1.56. The van der Waals surface area contributed by atoms with Gasteiger partial charge in [0.05, 0.1) is 6.54 Å². The van der Waals surface area contributed by atoms with Gasteiger partial charge < -0.3 is 10.1 Å². The van der Waals surface area contributed by atoms with Crippen LogP contribution in [-0.2, 0) is 4.74 Å². The van der Waals surface area contributed by atoms with Gasteiger partial charge in [-0.2, -0.15) is 0 Å². The van der Waals surface area contributed by atoms with Crippen molar-refractivity contribution in [3.63, 3.8) is 0 Å². The summed E-state index contributed by atoms with van der Waals surface area (Å²) in [4.78, 5) is 10.1. The van der Waals surface area contributed by atoms with Crippen LogP contribution in [0.2, 0.25) is 0 Å². The molecule has 1 aliphatic heterocycles. The Morgan fingerprint density at radius 1 is 2.00 bits per heavy atom. The standard InChI is InChI=1S/C4H6FNO2/c5-1-3-2-6-4(7)8-3/h3H,1-2H2,(H,6,7)/t3-/m0/s1. The molecule has 8 heavy (non-hydrogen) atoms. The molecule has 1 atom stereocenters. The quantitative estimate of drug-likeness (QED) is 0.530. The number of carbonyl (C=O) groups excluding carboxylic acids is 1. The lowest BCUT2D eigenvalue weighted by molar-refractivity contribution is 0.124. The summed E-state index contributed by atoms with van der Waals surface area (Å²) in [5, 5.41) is 2.32. The van der Waals surface area contributed by atoms with Crippen LogP contribution in [-0.4, -0.2) is 25.4 Å². The molecule has 1 rings (SSSR count). The molecule has 1 saturated heterocycles. The first kappa shape index (κ1) is 5.34. The van der Waals surface area contributed by atoms with Crippen LogP contribution in [0.4, 0.5) is 9.18 Å². The normalized spacial score (nSPS) is 27.1. The second-order valence-corrected chi connectivity index (χ2v) is 1.56. The smallest absolute Gasteiger partial charge is 0.407 e. The lowest BCUT2D eigenvalue weighted by atomic mass is 10.4. The Bertz CT molecular complexity index is 106. The van der Waals surface area contributed by atoms with Gasteiger partial charge in [-0.1, -0.05) is 0 Å². The number of amides is 1. The first-order chi connectivity index (χ1) is 3.83. The monoisotopic (exact) mass is 119 g/mol. The molecule has 4 heteroatoms. The van der Waals surface area contributed by atoms with Crippen molar-refractivity contribution in [2.24, 2.45) is 0 Å². The fourth-order valence-electron chi connectivity index (χ4n) is 0.518. The van der Waals surface area contributed by atoms with Gasteiger partial charge in [-0.3, -0.25) is 0 Å². The van der Waals surface area contributed by atoms with Crippen LogP contribution in [0.3, 0.4) is 0 Å². The number of rotatable bonds is 1. The van der Waals surface area contributed by atoms with Gasteiger partial charge in [0.15, 0.2) is 0 Å². The first-order valence-corrected chi connectivity index (χ1v) is 2.33. The number of alkyl carbamates (subject to hydrolysis) is 1. The van der Waals surface area contributed by atoms with Gasteiger partial charge in [0, 0.05) is 0 Å². The van der Waals surface area contributed by atoms with Crippen LogP contribution in [0.25, 0.3) is 0 Å². The van der Waals surface area contributed by atoms with E-state index in [9.17, 15) is 9.18 Å². The van der Waals surface area contributed by atoms with Gasteiger partial charge in [-0.25, -0.2) is 9.18 Å². The van der Waals surface area contributed by atoms with Crippen LogP contribution >= 0.6 is 0 Å². The number of hydrogen-bond donors (Lipinski definition) is 1. The lowest BCUT2D eigenvalue weighted by Gasteiger charge is -1.96. The number of halogens is 1. The Hall–Kier alpha value is -0.800. The van der Waals surface area contributed by atoms with Gasteiger partial charge in [0.2, 0.25) is 0 Å². The predicted octanol–water partition coefficient (Wildman–Crippen LogP) is 0.0643. The Labute approximate surface area is 45.8 Å². The van der Waals surface area contributed by atoms with E-state index in [1.54, 1.807) is 0 Å². The predicted molar refractivity (Wildman–Crippen MR) is 24.2 cm³/mol. The third kappa shape index (κ3) is 0.882. The van der Waals surface area contributed by atoms with E-state index < -0.39 is 18.9 Å². The zero-order valence-corrected chi connectivity index (χ0v) is 4.19. The molecule has 1 N–H and O–H groups in total. The number of nitrogens with one attached hydrogen (secondary N) is 1. The molecule has 1 aliphatic rings. The van der Waals surface area contributed by atoms with Gasteiger partial charge >= 0.3 is 6.09 Å². The molecular formula is C4H6FNO2. The van der Waals surface area contributed by atoms with E-state index in [4.69, 9.17) is 0 Å². The topological polar surface area (TPSA) is 38.3 Å². The SMILES string of the molecule is O=C1NC[C@H](CF)O1. The van der Waals surface area contributed by atoms with Crippen molar-refractivity contribution in [3.05, 3.63) is 0 Å². The van der Waals surface area contributed by atoms with Gasteiger partial charge in [0.25, 0.3) is 0 Å². The fraction of sp³-hybridized carbons (Fsp3) is 0.750. The number of hydrogen-bond acceptors (Lipinski definition) is 2. The molecule has 0 aromatic heterocycles. The number of ether oxygens (including phenoxy) is 1. The molecular weight excluding hydrogens is 113 g/mol. The highest BCUT2D eigenvalue weighted by Gasteiger charge is 2.21. The summed E-state index contributed by atoms with van der Waals surface area (Å²) in [5.74, 6) is 0. The molecule has 1 heterocycles. The number of alkyl halides is 1. The van der Waals surface area contributed by atoms with Crippen molar-refractivity contribution in [3.8, 4) is 0 Å². The minimum Gasteiger partial charge on any atom is -0.442 e. The molecule has 46 valence electrons. The highest BCUT2D eigenvalue weighted by Crippen LogP contribution is 1.98. The summed E-state index contributed by atoms with van der Waals surface area (Å²) in [6.45, 7) is -0.298. The Morgan fingerprint density at radius 3 is 3.00 bits per heavy atom. The highest BCUT2D eigenvalue weighted by molar-refractivity contribution is 5.69. The molecule has 0 radical (unpaired) electrons. The van der Waals surface area contributed by atoms with Crippen molar-refractivity contribution in [1.82, 2.24) is 5.32 Å². The minimum atomic E-state index is -0.598. The highest BCUT2D eigenvalue weighted by atomic mass is 19.1. The van der Waals surface area contributed by atoms with Gasteiger partial charge in [0.1, 0.15) is 12.8 Å². The van der Waals surface area contributed by atoms with E-state index in [0.717, 1.165) is 0 Å². The average molecular weight is 119 g/mol. The molecule has 0 bridgehead atoms. The van der Waals surface area contributed by atoms with Crippen molar-refractivity contribution in [2.45, 2.75) is 6.10 Å². The molecule has 0 aromatic carbocycles. The van der Waals surface area contributed by atoms with Crippen LogP contribution < -0.4 is 5.32 Å².